The summed E-state index contributed by atoms with van der Waals surface area (Å²) in [4.78, 5) is 30.5. The Balaban J connectivity index is 1.81. The molecule has 0 aliphatic carbocycles. The Morgan fingerprint density at radius 2 is 1.91 bits per heavy atom. The van der Waals surface area contributed by atoms with Crippen LogP contribution in [-0.2, 0) is 19.1 Å². The third kappa shape index (κ3) is 6.53. The molecule has 34 heavy (non-hydrogen) atoms. The number of aryl methyl sites for hydroxylation is 1. The molecular weight excluding hydrogens is 454 g/mol. The number of carbonyl (C=O) groups is 2. The Morgan fingerprint density at radius 1 is 1.21 bits per heavy atom. The van der Waals surface area contributed by atoms with E-state index in [1.807, 2.05) is 32.2 Å². The fourth-order valence-electron chi connectivity index (χ4n) is 4.78. The number of hydrogen-bond donors (Lipinski definition) is 2. The monoisotopic (exact) mass is 493 g/mol. The first-order chi connectivity index (χ1) is 15.9. The van der Waals surface area contributed by atoms with E-state index in [-0.39, 0.29) is 30.3 Å². The number of nitrogens with zero attached hydrogens (tertiary/aromatic N) is 1. The summed E-state index contributed by atoms with van der Waals surface area (Å²) < 4.78 is 11.7. The first-order valence-electron chi connectivity index (χ1n) is 12.3. The number of ether oxygens (including phenoxy) is 2. The van der Waals surface area contributed by atoms with E-state index in [1.165, 1.54) is 0 Å². The first kappa shape index (κ1) is 27.0. The van der Waals surface area contributed by atoms with Crippen molar-refractivity contribution in [3.8, 4) is 0 Å². The van der Waals surface area contributed by atoms with Crippen LogP contribution in [0.5, 0.6) is 0 Å². The number of rotatable bonds is 2. The van der Waals surface area contributed by atoms with E-state index in [1.54, 1.807) is 32.1 Å². The maximum atomic E-state index is 13.2. The summed E-state index contributed by atoms with van der Waals surface area (Å²) in [7, 11) is 0. The van der Waals surface area contributed by atoms with Gasteiger partial charge in [-0.15, -0.1) is 11.3 Å². The Hall–Kier alpha value is -1.61. The zero-order valence-electron chi connectivity index (χ0n) is 21.1. The average Bonchev–Trinajstić information content (AvgIpc) is 3.38. The number of hydrogen-bond acceptors (Lipinski definition) is 8. The molecule has 1 aromatic rings. The normalized spacial score (nSPS) is 36.0. The van der Waals surface area contributed by atoms with Crippen LogP contribution in [0, 0.1) is 24.2 Å². The lowest BCUT2D eigenvalue weighted by atomic mass is 9.73. The molecule has 0 spiro atoms. The molecule has 8 heteroatoms. The van der Waals surface area contributed by atoms with Gasteiger partial charge < -0.3 is 19.7 Å². The molecule has 0 radical (unpaired) electrons. The molecule has 3 heterocycles. The van der Waals surface area contributed by atoms with Gasteiger partial charge in [-0.25, -0.2) is 4.98 Å². The predicted octanol–water partition coefficient (Wildman–Crippen LogP) is 4.09. The molecule has 0 bridgehead atoms. The second-order valence-electron chi connectivity index (χ2n) is 10.6. The number of esters is 1. The number of cyclic esters (lactones) is 1. The van der Waals surface area contributed by atoms with E-state index in [4.69, 9.17) is 9.47 Å². The van der Waals surface area contributed by atoms with Crippen LogP contribution in [0.15, 0.2) is 11.0 Å². The summed E-state index contributed by atoms with van der Waals surface area (Å²) >= 11 is 1.56. The highest BCUT2D eigenvalue weighted by atomic mass is 32.1. The zero-order chi connectivity index (χ0) is 25.2. The zero-order valence-corrected chi connectivity index (χ0v) is 21.9. The molecule has 0 saturated carbocycles. The van der Waals surface area contributed by atoms with Crippen molar-refractivity contribution in [1.82, 2.24) is 4.98 Å². The first-order valence-corrected chi connectivity index (χ1v) is 13.1. The summed E-state index contributed by atoms with van der Waals surface area (Å²) in [5.41, 5.74) is 0.494. The molecule has 2 saturated heterocycles. The summed E-state index contributed by atoms with van der Waals surface area (Å²) in [6, 6.07) is 0. The van der Waals surface area contributed by atoms with Crippen LogP contribution < -0.4 is 0 Å². The molecule has 3 rings (SSSR count). The summed E-state index contributed by atoms with van der Waals surface area (Å²) in [5, 5.41) is 24.5. The topological polar surface area (TPSA) is 109 Å². The molecule has 0 aromatic carbocycles. The third-order valence-corrected chi connectivity index (χ3v) is 8.20. The Morgan fingerprint density at radius 3 is 2.56 bits per heavy atom. The number of fused-ring (bicyclic) bond motifs is 1. The number of epoxide rings is 1. The van der Waals surface area contributed by atoms with Gasteiger partial charge in [0, 0.05) is 17.7 Å². The smallest absolute Gasteiger partial charge is 0.309 e. The van der Waals surface area contributed by atoms with E-state index >= 15 is 0 Å². The van der Waals surface area contributed by atoms with Gasteiger partial charge in [-0.2, -0.15) is 0 Å². The number of Topliss-reactive ketones (excluding diaryl/α,β-unsaturated/α-hetero) is 1. The minimum absolute atomic E-state index is 0.00770. The van der Waals surface area contributed by atoms with Crippen molar-refractivity contribution in [2.24, 2.45) is 17.3 Å². The Labute approximate surface area is 206 Å². The van der Waals surface area contributed by atoms with Gasteiger partial charge in [-0.3, -0.25) is 9.59 Å². The number of aliphatic hydroxyl groups excluding tert-OH is 2. The summed E-state index contributed by atoms with van der Waals surface area (Å²) in [6.45, 7) is 10.8. The number of aromatic nitrogens is 1. The van der Waals surface area contributed by atoms with Gasteiger partial charge in [0.2, 0.25) is 0 Å². The van der Waals surface area contributed by atoms with Crippen molar-refractivity contribution in [3.63, 3.8) is 0 Å². The summed E-state index contributed by atoms with van der Waals surface area (Å²) in [5.74, 6) is -1.52. The SMILES string of the molecule is C/C(=C\c1csc(C)n1)[C@@H]1C[C@H]2OC2CCCC(C)[C@H](O)[C@@H](C)C(=O)C(C)(C)[C@@H](O)CC(=O)O1. The predicted molar refractivity (Wildman–Crippen MR) is 131 cm³/mol. The molecule has 2 aliphatic heterocycles. The van der Waals surface area contributed by atoms with Crippen LogP contribution in [0.4, 0.5) is 0 Å². The van der Waals surface area contributed by atoms with Gasteiger partial charge >= 0.3 is 5.97 Å². The van der Waals surface area contributed by atoms with Crippen LogP contribution in [0.3, 0.4) is 0 Å². The van der Waals surface area contributed by atoms with Crippen molar-refractivity contribution >= 4 is 29.2 Å². The fraction of sp³-hybridized carbons (Fsp3) is 0.731. The van der Waals surface area contributed by atoms with Crippen molar-refractivity contribution < 1.29 is 29.3 Å². The van der Waals surface area contributed by atoms with Crippen molar-refractivity contribution in [3.05, 3.63) is 21.7 Å². The minimum atomic E-state index is -1.22. The molecule has 190 valence electrons. The second kappa shape index (κ2) is 11.0. The molecule has 7 nitrogen and oxygen atoms in total. The third-order valence-electron chi connectivity index (χ3n) is 7.41. The molecule has 2 N–H and O–H groups in total. The second-order valence-corrected chi connectivity index (χ2v) is 11.7. The van der Waals surface area contributed by atoms with Gasteiger partial charge in [0.25, 0.3) is 0 Å². The summed E-state index contributed by atoms with van der Waals surface area (Å²) in [6.07, 6.45) is 2.28. The fourth-order valence-corrected chi connectivity index (χ4v) is 5.35. The van der Waals surface area contributed by atoms with Crippen LogP contribution in [0.2, 0.25) is 0 Å². The van der Waals surface area contributed by atoms with Crippen LogP contribution in [-0.4, -0.2) is 57.5 Å². The van der Waals surface area contributed by atoms with E-state index in [0.717, 1.165) is 35.5 Å². The maximum absolute atomic E-state index is 13.2. The average molecular weight is 494 g/mol. The van der Waals surface area contributed by atoms with E-state index in [0.29, 0.717) is 6.42 Å². The molecule has 1 aromatic heterocycles. The van der Waals surface area contributed by atoms with E-state index in [2.05, 4.69) is 4.98 Å². The largest absolute Gasteiger partial charge is 0.458 e. The highest BCUT2D eigenvalue weighted by molar-refractivity contribution is 7.09. The maximum Gasteiger partial charge on any atom is 0.309 e. The van der Waals surface area contributed by atoms with Crippen LogP contribution in [0.25, 0.3) is 6.08 Å². The van der Waals surface area contributed by atoms with Crippen molar-refractivity contribution in [1.29, 1.82) is 0 Å². The minimum Gasteiger partial charge on any atom is -0.458 e. The lowest BCUT2D eigenvalue weighted by Gasteiger charge is -2.34. The van der Waals surface area contributed by atoms with Crippen molar-refractivity contribution in [2.45, 2.75) is 104 Å². The lowest BCUT2D eigenvalue weighted by molar-refractivity contribution is -0.154. The number of ketones is 1. The van der Waals surface area contributed by atoms with Gasteiger partial charge in [0.15, 0.2) is 0 Å². The highest BCUT2D eigenvalue weighted by Crippen LogP contribution is 2.36. The molecular formula is C26H39NO6S. The molecule has 2 aliphatic rings. The van der Waals surface area contributed by atoms with Crippen molar-refractivity contribution in [2.75, 3.05) is 0 Å². The number of thiazole rings is 1. The van der Waals surface area contributed by atoms with Gasteiger partial charge in [0.05, 0.1) is 47.0 Å². The number of carbonyl (C=O) groups excluding carboxylic acids is 2. The quantitative estimate of drug-likeness (QED) is 0.472. The van der Waals surface area contributed by atoms with Crippen LogP contribution in [0.1, 0.15) is 77.4 Å². The molecule has 2 unspecified atom stereocenters. The molecule has 2 fully saturated rings. The Bertz CT molecular complexity index is 909. The van der Waals surface area contributed by atoms with Crippen LogP contribution >= 0.6 is 11.3 Å². The molecule has 7 atom stereocenters. The number of aliphatic hydroxyl groups is 2. The molecule has 0 amide bonds. The highest BCUT2D eigenvalue weighted by Gasteiger charge is 2.44. The van der Waals surface area contributed by atoms with Gasteiger partial charge in [-0.1, -0.05) is 34.1 Å². The van der Waals surface area contributed by atoms with Gasteiger partial charge in [-0.05, 0) is 44.3 Å². The van der Waals surface area contributed by atoms with E-state index < -0.39 is 35.6 Å². The standard InChI is InChI=1S/C26H39NO6S/c1-14-8-7-9-19-21(32-19)11-20(15(2)10-18-13-34-17(4)27-18)33-23(29)12-22(28)26(5,6)25(31)16(3)24(14)30/h10,13-14,16,19-22,24,28,30H,7-9,11-12H2,1-6H3/b15-10+/t14?,16-,19?,20+,21-,22+,24+/m1/s1. The van der Waals surface area contributed by atoms with E-state index in [9.17, 15) is 19.8 Å². The Kier molecular flexibility index (Phi) is 8.71. The van der Waals surface area contributed by atoms with Gasteiger partial charge in [0.1, 0.15) is 11.9 Å². The lowest BCUT2D eigenvalue weighted by Crippen LogP contribution is -2.45.